The van der Waals surface area contributed by atoms with E-state index in [4.69, 9.17) is 34.5 Å². The minimum atomic E-state index is -2.62. The molecule has 7 N–H and O–H groups in total. The number of rotatable bonds is 3. The molecule has 0 aliphatic heterocycles. The van der Waals surface area contributed by atoms with Gasteiger partial charge in [0, 0.05) is 19.3 Å². The van der Waals surface area contributed by atoms with Crippen molar-refractivity contribution in [2.45, 2.75) is 26.2 Å². The van der Waals surface area contributed by atoms with Crippen LogP contribution in [0.4, 0.5) is 0 Å². The third-order valence-corrected chi connectivity index (χ3v) is 2.56. The topological polar surface area (TPSA) is 210 Å². The summed E-state index contributed by atoms with van der Waals surface area (Å²) in [6.07, 6.45) is -0.297. The van der Waals surface area contributed by atoms with Crippen molar-refractivity contribution in [2.75, 3.05) is 0 Å². The molecule has 0 bridgehead atoms. The summed E-state index contributed by atoms with van der Waals surface area (Å²) in [5, 5.41) is 8.67. The maximum atomic E-state index is 11.4. The monoisotopic (exact) mass is 544 g/mol. The van der Waals surface area contributed by atoms with E-state index in [1.807, 2.05) is 0 Å². The molecule has 0 aromatic carbocycles. The van der Waals surface area contributed by atoms with E-state index in [1.54, 1.807) is 6.92 Å². The Morgan fingerprint density at radius 1 is 0.852 bits per heavy atom. The molecular weight excluding hydrogens is 518 g/mol. The second kappa shape index (κ2) is 26.4. The Kier molecular flexibility index (Phi) is 43.7. The molecule has 11 nitrogen and oxygen atoms in total. The molecule has 1 aliphatic rings. The molecule has 17 heteroatoms. The average molecular weight is 545 g/mol. The number of carbonyl (C=O) groups is 4. The molecule has 150 valence electrons. The van der Waals surface area contributed by atoms with E-state index in [0.29, 0.717) is 0 Å². The fourth-order valence-electron chi connectivity index (χ4n) is 1.71. The molecule has 0 radical (unpaired) electrons. The molecule has 0 aromatic rings. The summed E-state index contributed by atoms with van der Waals surface area (Å²) < 4.78 is 0. The van der Waals surface area contributed by atoms with Gasteiger partial charge in [-0.15, -0.1) is 0 Å². The quantitative estimate of drug-likeness (QED) is 0.102. The van der Waals surface area contributed by atoms with Crippen molar-refractivity contribution in [1.82, 2.24) is 0 Å². The van der Waals surface area contributed by atoms with Gasteiger partial charge < -0.3 is 34.5 Å². The van der Waals surface area contributed by atoms with Gasteiger partial charge in [0.15, 0.2) is 17.3 Å². The van der Waals surface area contributed by atoms with Crippen molar-refractivity contribution in [3.63, 3.8) is 0 Å². The van der Waals surface area contributed by atoms with Gasteiger partial charge >= 0.3 is 174 Å². The van der Waals surface area contributed by atoms with E-state index in [1.165, 1.54) is 0 Å². The molecule has 0 amide bonds. The van der Waals surface area contributed by atoms with E-state index >= 15 is 0 Å². The second-order valence-corrected chi connectivity index (χ2v) is 5.24. The van der Waals surface area contributed by atoms with E-state index in [2.05, 4.69) is 0 Å². The first kappa shape index (κ1) is 44.8. The van der Waals surface area contributed by atoms with Crippen molar-refractivity contribution in [3.05, 3.63) is 0 Å². The third kappa shape index (κ3) is 26.3. The minimum absolute atomic E-state index is 0. The SMILES string of the molecule is CCC(=O)C1C(=O)CC(C(=O)O)CC1=O.OP(O)O.OP(O)O.[CaH2].[CaH2].[CaH2].[CaH2]. The molecular formula is C10H26Ca4O11P2. The first-order valence-electron chi connectivity index (χ1n) is 5.98. The van der Waals surface area contributed by atoms with Crippen LogP contribution in [0, 0.1) is 11.8 Å². The maximum absolute atomic E-state index is 11.4. The average Bonchev–Trinajstić information content (AvgIpc) is 2.35. The van der Waals surface area contributed by atoms with Crippen molar-refractivity contribution < 1.29 is 53.6 Å². The number of ketones is 3. The number of carboxylic acid groups (broad SMARTS) is 1. The number of carboxylic acids is 1. The van der Waals surface area contributed by atoms with E-state index in [9.17, 15) is 19.2 Å². The Morgan fingerprint density at radius 2 is 1.11 bits per heavy atom. The van der Waals surface area contributed by atoms with Crippen LogP contribution in [0.15, 0.2) is 0 Å². The molecule has 1 aliphatic carbocycles. The summed E-state index contributed by atoms with van der Waals surface area (Å²) in [6.45, 7) is 1.58. The van der Waals surface area contributed by atoms with Crippen LogP contribution >= 0.6 is 17.2 Å². The zero-order chi connectivity index (χ0) is 18.7. The number of carbonyl (C=O) groups excluding carboxylic acids is 3. The van der Waals surface area contributed by atoms with Gasteiger partial charge in [0.2, 0.25) is 0 Å². The van der Waals surface area contributed by atoms with Crippen molar-refractivity contribution in [3.8, 4) is 0 Å². The first-order valence-corrected chi connectivity index (χ1v) is 8.38. The van der Waals surface area contributed by atoms with Gasteiger partial charge in [0.05, 0.1) is 5.92 Å². The van der Waals surface area contributed by atoms with E-state index in [0.717, 1.165) is 0 Å². The van der Waals surface area contributed by atoms with Crippen molar-refractivity contribution in [1.29, 1.82) is 0 Å². The van der Waals surface area contributed by atoms with Gasteiger partial charge in [0.1, 0.15) is 5.92 Å². The molecule has 0 unspecified atom stereocenters. The number of aliphatic carboxylic acids is 1. The standard InChI is InChI=1S/C10H12O5.4Ca.2H3O3P.8H/c1-2-6(11)9-7(12)3-5(10(14)15)4-8(9)13;;;;;2*1-4(2)3;;;;;;;;/h5,9H,2-4H2,1H3,(H,14,15);;;;;2*1-3H;;;;;;;;. The fourth-order valence-corrected chi connectivity index (χ4v) is 1.71. The van der Waals surface area contributed by atoms with Crippen LogP contribution in [-0.2, 0) is 19.2 Å². The number of Topliss-reactive ketones (excluding diaryl/α,β-unsaturated/α-hetero) is 3. The van der Waals surface area contributed by atoms with Gasteiger partial charge in [-0.1, -0.05) is 6.92 Å². The Labute approximate surface area is 277 Å². The molecule has 0 spiro atoms. The van der Waals surface area contributed by atoms with Crippen molar-refractivity contribution in [2.24, 2.45) is 11.8 Å². The van der Waals surface area contributed by atoms with Crippen LogP contribution in [0.25, 0.3) is 0 Å². The van der Waals surface area contributed by atoms with E-state index < -0.39 is 52.4 Å². The predicted octanol–water partition coefficient (Wildman–Crippen LogP) is -5.07. The Balaban J connectivity index is -0.0000000793. The Hall–Kier alpha value is 4.14. The molecule has 1 saturated carbocycles. The van der Waals surface area contributed by atoms with E-state index in [-0.39, 0.29) is 170 Å². The van der Waals surface area contributed by atoms with Crippen LogP contribution in [0.2, 0.25) is 0 Å². The number of hydrogen-bond acceptors (Lipinski definition) is 10. The molecule has 0 aromatic heterocycles. The van der Waals surface area contributed by atoms with Gasteiger partial charge in [-0.25, -0.2) is 0 Å². The summed E-state index contributed by atoms with van der Waals surface area (Å²) in [6, 6.07) is 0. The Bertz CT molecular complexity index is 410. The van der Waals surface area contributed by atoms with Crippen LogP contribution in [-0.4, -0.2) is 209 Å². The van der Waals surface area contributed by atoms with Gasteiger partial charge in [0.25, 0.3) is 0 Å². The van der Waals surface area contributed by atoms with Crippen molar-refractivity contribution >= 4 is 191 Å². The van der Waals surface area contributed by atoms with Crippen LogP contribution < -0.4 is 0 Å². The molecule has 0 heterocycles. The molecule has 27 heavy (non-hydrogen) atoms. The van der Waals surface area contributed by atoms with Crippen LogP contribution in [0.5, 0.6) is 0 Å². The summed E-state index contributed by atoms with van der Waals surface area (Å²) in [5.41, 5.74) is 0. The molecule has 1 fully saturated rings. The summed E-state index contributed by atoms with van der Waals surface area (Å²) in [5.74, 6) is -4.82. The van der Waals surface area contributed by atoms with Gasteiger partial charge in [-0.3, -0.25) is 19.2 Å². The molecule has 0 atom stereocenters. The summed E-state index contributed by atoms with van der Waals surface area (Å²) in [4.78, 5) is 88.1. The normalized spacial score (nSPS) is 17.4. The summed E-state index contributed by atoms with van der Waals surface area (Å²) >= 11 is 0. The Morgan fingerprint density at radius 3 is 1.30 bits per heavy atom. The third-order valence-electron chi connectivity index (χ3n) is 2.56. The number of hydrogen-bond donors (Lipinski definition) is 7. The van der Waals surface area contributed by atoms with Crippen LogP contribution in [0.3, 0.4) is 0 Å². The van der Waals surface area contributed by atoms with Gasteiger partial charge in [-0.2, -0.15) is 0 Å². The first-order chi connectivity index (χ1) is 10.4. The molecule has 1 rings (SSSR count). The molecule has 0 saturated heterocycles. The zero-order valence-corrected chi connectivity index (χ0v) is 13.7. The van der Waals surface area contributed by atoms with Gasteiger partial charge in [-0.05, 0) is 0 Å². The predicted molar refractivity (Wildman–Crippen MR) is 110 cm³/mol. The fraction of sp³-hybridized carbons (Fsp3) is 0.600. The zero-order valence-electron chi connectivity index (χ0n) is 11.9. The van der Waals surface area contributed by atoms with Crippen LogP contribution in [0.1, 0.15) is 26.2 Å². The summed E-state index contributed by atoms with van der Waals surface area (Å²) in [7, 11) is -5.24. The second-order valence-electron chi connectivity index (χ2n) is 4.17.